The summed E-state index contributed by atoms with van der Waals surface area (Å²) >= 11 is 7.63. The largest absolute Gasteiger partial charge is 0.382 e. The molecule has 1 aromatic carbocycles. The minimum Gasteiger partial charge on any atom is -0.382 e. The zero-order valence-electron chi connectivity index (χ0n) is 15.8. The highest BCUT2D eigenvalue weighted by molar-refractivity contribution is 7.99. The number of aliphatic imine (C=N–C) groups is 1. The van der Waals surface area contributed by atoms with Gasteiger partial charge in [-0.25, -0.2) is 4.99 Å². The molecule has 0 saturated carbocycles. The molecule has 0 unspecified atom stereocenters. The summed E-state index contributed by atoms with van der Waals surface area (Å²) < 4.78 is 5.33. The van der Waals surface area contributed by atoms with E-state index in [2.05, 4.69) is 15.6 Å². The molecule has 0 spiro atoms. The number of benzene rings is 1. The first-order valence-corrected chi connectivity index (χ1v) is 10.1. The average molecular weight is 401 g/mol. The van der Waals surface area contributed by atoms with Crippen LogP contribution in [-0.2, 0) is 9.53 Å². The van der Waals surface area contributed by atoms with Gasteiger partial charge >= 0.3 is 0 Å². The second-order valence-electron chi connectivity index (χ2n) is 5.66. The van der Waals surface area contributed by atoms with E-state index in [9.17, 15) is 4.79 Å². The van der Waals surface area contributed by atoms with Crippen LogP contribution in [0.4, 0.5) is 0 Å². The van der Waals surface area contributed by atoms with Gasteiger partial charge in [0.1, 0.15) is 6.54 Å². The molecule has 0 aliphatic rings. The van der Waals surface area contributed by atoms with Crippen molar-refractivity contribution in [3.63, 3.8) is 0 Å². The monoisotopic (exact) mass is 400 g/mol. The first-order chi connectivity index (χ1) is 12.5. The highest BCUT2D eigenvalue weighted by atomic mass is 35.5. The Balaban J connectivity index is 2.40. The Morgan fingerprint density at radius 2 is 1.92 bits per heavy atom. The van der Waals surface area contributed by atoms with Crippen molar-refractivity contribution < 1.29 is 9.53 Å². The predicted molar refractivity (Wildman–Crippen MR) is 110 cm³/mol. The number of guanidine groups is 1. The molecule has 1 amide bonds. The molecule has 0 bridgehead atoms. The first kappa shape index (κ1) is 22.6. The lowest BCUT2D eigenvalue weighted by Gasteiger charge is -2.14. The molecule has 0 heterocycles. The molecule has 0 aliphatic heterocycles. The summed E-state index contributed by atoms with van der Waals surface area (Å²) in [7, 11) is 3.45. The van der Waals surface area contributed by atoms with E-state index in [0.717, 1.165) is 36.9 Å². The maximum Gasteiger partial charge on any atom is 0.243 e. The van der Waals surface area contributed by atoms with E-state index < -0.39 is 0 Å². The third-order valence-corrected chi connectivity index (χ3v) is 4.58. The summed E-state index contributed by atoms with van der Waals surface area (Å²) in [5.74, 6) is 1.49. The topological polar surface area (TPSA) is 66.0 Å². The number of carbonyl (C=O) groups is 1. The van der Waals surface area contributed by atoms with Crippen molar-refractivity contribution in [3.05, 3.63) is 29.3 Å². The zero-order chi connectivity index (χ0) is 19.2. The van der Waals surface area contributed by atoms with Crippen LogP contribution in [0.1, 0.15) is 13.3 Å². The number of halogens is 1. The summed E-state index contributed by atoms with van der Waals surface area (Å²) in [5.41, 5.74) is 0. The Labute approximate surface area is 165 Å². The van der Waals surface area contributed by atoms with Crippen molar-refractivity contribution in [2.75, 3.05) is 52.7 Å². The van der Waals surface area contributed by atoms with Crippen LogP contribution in [0.5, 0.6) is 0 Å². The molecule has 0 aromatic heterocycles. The van der Waals surface area contributed by atoms with Crippen LogP contribution in [0.2, 0.25) is 5.02 Å². The molecule has 0 aliphatic carbocycles. The summed E-state index contributed by atoms with van der Waals surface area (Å²) in [6, 6.07) is 7.78. The number of amides is 1. The number of rotatable bonds is 11. The van der Waals surface area contributed by atoms with Gasteiger partial charge in [-0.15, -0.1) is 11.8 Å². The van der Waals surface area contributed by atoms with Crippen LogP contribution in [-0.4, -0.2) is 69.5 Å². The van der Waals surface area contributed by atoms with Crippen LogP contribution < -0.4 is 10.6 Å². The summed E-state index contributed by atoms with van der Waals surface area (Å²) in [4.78, 5) is 18.8. The molecule has 0 atom stereocenters. The van der Waals surface area contributed by atoms with Crippen LogP contribution in [0.3, 0.4) is 0 Å². The molecular formula is C18H29ClN4O2S. The van der Waals surface area contributed by atoms with Gasteiger partial charge in [0.15, 0.2) is 5.96 Å². The number of hydrogen-bond donors (Lipinski definition) is 2. The minimum atomic E-state index is -0.0315. The molecular weight excluding hydrogens is 372 g/mol. The van der Waals surface area contributed by atoms with Crippen molar-refractivity contribution >= 4 is 35.2 Å². The number of ether oxygens (including phenoxy) is 1. The smallest absolute Gasteiger partial charge is 0.243 e. The quantitative estimate of drug-likeness (QED) is 0.258. The van der Waals surface area contributed by atoms with Gasteiger partial charge in [0.05, 0.1) is 0 Å². The molecule has 6 nitrogen and oxygen atoms in total. The van der Waals surface area contributed by atoms with Gasteiger partial charge in [0, 0.05) is 56.1 Å². The maximum absolute atomic E-state index is 11.7. The van der Waals surface area contributed by atoms with Crippen LogP contribution >= 0.6 is 23.4 Å². The first-order valence-electron chi connectivity index (χ1n) is 8.71. The van der Waals surface area contributed by atoms with Gasteiger partial charge in [-0.3, -0.25) is 4.79 Å². The molecule has 146 valence electrons. The van der Waals surface area contributed by atoms with E-state index in [1.54, 1.807) is 25.9 Å². The van der Waals surface area contributed by atoms with Crippen molar-refractivity contribution in [2.45, 2.75) is 18.2 Å². The van der Waals surface area contributed by atoms with E-state index in [1.165, 1.54) is 9.80 Å². The molecule has 1 rings (SSSR count). The Kier molecular flexibility index (Phi) is 11.9. The van der Waals surface area contributed by atoms with E-state index >= 15 is 0 Å². The van der Waals surface area contributed by atoms with Crippen molar-refractivity contribution in [1.82, 2.24) is 15.5 Å². The third-order valence-electron chi connectivity index (χ3n) is 3.31. The fourth-order valence-corrected chi connectivity index (χ4v) is 2.75. The fourth-order valence-electron chi connectivity index (χ4n) is 1.86. The van der Waals surface area contributed by atoms with E-state index in [-0.39, 0.29) is 12.5 Å². The normalized spacial score (nSPS) is 11.3. The number of carbonyl (C=O) groups excluding carboxylic acids is 1. The van der Waals surface area contributed by atoms with Gasteiger partial charge < -0.3 is 20.3 Å². The minimum absolute atomic E-state index is 0.0315. The predicted octanol–water partition coefficient (Wildman–Crippen LogP) is 2.48. The van der Waals surface area contributed by atoms with E-state index in [1.807, 2.05) is 31.2 Å². The second-order valence-corrected chi connectivity index (χ2v) is 7.26. The number of nitrogens with zero attached hydrogens (tertiary/aromatic N) is 2. The molecule has 1 aromatic rings. The number of thioether (sulfide) groups is 1. The molecule has 0 fully saturated rings. The van der Waals surface area contributed by atoms with Crippen LogP contribution in [0.25, 0.3) is 0 Å². The maximum atomic E-state index is 11.7. The van der Waals surface area contributed by atoms with Crippen LogP contribution in [0, 0.1) is 0 Å². The molecule has 8 heteroatoms. The van der Waals surface area contributed by atoms with Crippen LogP contribution in [0.15, 0.2) is 34.2 Å². The lowest BCUT2D eigenvalue weighted by Crippen LogP contribution is -2.40. The molecule has 26 heavy (non-hydrogen) atoms. The van der Waals surface area contributed by atoms with E-state index in [0.29, 0.717) is 12.6 Å². The second kappa shape index (κ2) is 13.7. The highest BCUT2D eigenvalue weighted by Crippen LogP contribution is 2.19. The average Bonchev–Trinajstić information content (AvgIpc) is 2.63. The van der Waals surface area contributed by atoms with Gasteiger partial charge in [-0.1, -0.05) is 11.6 Å². The number of likely N-dealkylation sites (N-methyl/N-ethyl adjacent to an activating group) is 1. The summed E-state index contributed by atoms with van der Waals surface area (Å²) in [5, 5.41) is 7.25. The SMILES string of the molecule is CCOCCCNC(=NCC(=O)N(C)C)NCCSc1ccc(Cl)cc1. The molecule has 0 radical (unpaired) electrons. The highest BCUT2D eigenvalue weighted by Gasteiger charge is 2.04. The lowest BCUT2D eigenvalue weighted by molar-refractivity contribution is -0.127. The van der Waals surface area contributed by atoms with Gasteiger partial charge in [0.2, 0.25) is 5.91 Å². The van der Waals surface area contributed by atoms with E-state index in [4.69, 9.17) is 16.3 Å². The number of hydrogen-bond acceptors (Lipinski definition) is 4. The van der Waals surface area contributed by atoms with Crippen molar-refractivity contribution in [3.8, 4) is 0 Å². The Hall–Kier alpha value is -1.44. The lowest BCUT2D eigenvalue weighted by atomic mass is 10.4. The number of nitrogens with one attached hydrogen (secondary N) is 2. The molecule has 2 N–H and O–H groups in total. The Bertz CT molecular complexity index is 553. The zero-order valence-corrected chi connectivity index (χ0v) is 17.3. The molecule has 0 saturated heterocycles. The Morgan fingerprint density at radius 1 is 1.23 bits per heavy atom. The summed E-state index contributed by atoms with van der Waals surface area (Å²) in [6.07, 6.45) is 0.885. The van der Waals surface area contributed by atoms with Gasteiger partial charge in [0.25, 0.3) is 0 Å². The van der Waals surface area contributed by atoms with Crippen molar-refractivity contribution in [1.29, 1.82) is 0 Å². The standard InChI is InChI=1S/C18H29ClN4O2S/c1-4-25-12-5-10-20-18(22-14-17(24)23(2)3)21-11-13-26-16-8-6-15(19)7-9-16/h6-9H,4-5,10-14H2,1-3H3,(H2,20,21,22). The van der Waals surface area contributed by atoms with Gasteiger partial charge in [-0.05, 0) is 37.6 Å². The third kappa shape index (κ3) is 10.5. The summed E-state index contributed by atoms with van der Waals surface area (Å²) in [6.45, 7) is 5.01. The van der Waals surface area contributed by atoms with Crippen molar-refractivity contribution in [2.24, 2.45) is 4.99 Å². The van der Waals surface area contributed by atoms with Gasteiger partial charge in [-0.2, -0.15) is 0 Å². The fraction of sp³-hybridized carbons (Fsp3) is 0.556. The Morgan fingerprint density at radius 3 is 2.58 bits per heavy atom.